The van der Waals surface area contributed by atoms with Crippen LogP contribution in [0.4, 0.5) is 0 Å². The van der Waals surface area contributed by atoms with Gasteiger partial charge in [0.1, 0.15) is 0 Å². The van der Waals surface area contributed by atoms with Crippen LogP contribution in [0.5, 0.6) is 0 Å². The van der Waals surface area contributed by atoms with E-state index in [-0.39, 0.29) is 5.92 Å². The van der Waals surface area contributed by atoms with Crippen LogP contribution < -0.4 is 0 Å². The lowest BCUT2D eigenvalue weighted by atomic mass is 9.82. The normalized spacial score (nSPS) is 48.1. The fraction of sp³-hybridized carbons (Fsp3) is 0.889. The van der Waals surface area contributed by atoms with Crippen molar-refractivity contribution in [3.63, 3.8) is 0 Å². The van der Waals surface area contributed by atoms with Crippen molar-refractivity contribution in [3.8, 4) is 0 Å². The predicted molar refractivity (Wildman–Crippen MR) is 41.1 cm³/mol. The maximum atomic E-state index is 10.7. The van der Waals surface area contributed by atoms with Crippen LogP contribution in [0.3, 0.4) is 0 Å². The summed E-state index contributed by atoms with van der Waals surface area (Å²) in [4.78, 5) is 10.7. The van der Waals surface area contributed by atoms with Crippen LogP contribution in [0.25, 0.3) is 0 Å². The van der Waals surface area contributed by atoms with Crippen molar-refractivity contribution in [3.05, 3.63) is 0 Å². The molecule has 0 heterocycles. The van der Waals surface area contributed by atoms with E-state index >= 15 is 0 Å². The fourth-order valence-corrected chi connectivity index (χ4v) is 2.99. The van der Waals surface area contributed by atoms with Gasteiger partial charge in [0.2, 0.25) is 0 Å². The van der Waals surface area contributed by atoms with Gasteiger partial charge >= 0.3 is 5.97 Å². The van der Waals surface area contributed by atoms with Crippen molar-refractivity contribution in [2.45, 2.75) is 26.2 Å². The first kappa shape index (κ1) is 7.14. The molecule has 2 bridgehead atoms. The van der Waals surface area contributed by atoms with Crippen LogP contribution in [-0.2, 0) is 4.79 Å². The summed E-state index contributed by atoms with van der Waals surface area (Å²) >= 11 is 0. The highest BCUT2D eigenvalue weighted by Gasteiger charge is 2.47. The van der Waals surface area contributed by atoms with Gasteiger partial charge in [-0.1, -0.05) is 6.92 Å². The molecule has 0 aromatic rings. The Morgan fingerprint density at radius 3 is 2.45 bits per heavy atom. The Kier molecular flexibility index (Phi) is 1.44. The van der Waals surface area contributed by atoms with Crippen molar-refractivity contribution >= 4 is 5.97 Å². The van der Waals surface area contributed by atoms with Gasteiger partial charge in [0.15, 0.2) is 0 Å². The van der Waals surface area contributed by atoms with Crippen LogP contribution in [0.15, 0.2) is 0 Å². The van der Waals surface area contributed by atoms with E-state index in [0.717, 1.165) is 12.3 Å². The molecule has 0 radical (unpaired) electrons. The Labute approximate surface area is 66.6 Å². The minimum Gasteiger partial charge on any atom is -0.481 e. The van der Waals surface area contributed by atoms with E-state index in [9.17, 15) is 4.79 Å². The molecule has 1 N–H and O–H groups in total. The van der Waals surface area contributed by atoms with E-state index in [0.29, 0.717) is 11.8 Å². The number of fused-ring (bicyclic) bond motifs is 2. The second kappa shape index (κ2) is 2.23. The lowest BCUT2D eigenvalue weighted by molar-refractivity contribution is -0.144. The highest BCUT2D eigenvalue weighted by Crippen LogP contribution is 2.51. The van der Waals surface area contributed by atoms with E-state index < -0.39 is 5.97 Å². The topological polar surface area (TPSA) is 37.3 Å². The number of carboxylic acid groups (broad SMARTS) is 1. The van der Waals surface area contributed by atoms with Crippen LogP contribution in [0, 0.1) is 23.7 Å². The van der Waals surface area contributed by atoms with Gasteiger partial charge in [-0.3, -0.25) is 4.79 Å². The molecule has 0 saturated heterocycles. The van der Waals surface area contributed by atoms with Gasteiger partial charge in [-0.25, -0.2) is 0 Å². The van der Waals surface area contributed by atoms with Gasteiger partial charge in [0.25, 0.3) is 0 Å². The summed E-state index contributed by atoms with van der Waals surface area (Å²) in [5, 5.41) is 8.85. The highest BCUT2D eigenvalue weighted by molar-refractivity contribution is 5.71. The average Bonchev–Trinajstić information content (AvgIpc) is 2.43. The lowest BCUT2D eigenvalue weighted by Gasteiger charge is -2.23. The second-order valence-corrected chi connectivity index (χ2v) is 4.16. The molecule has 0 aromatic carbocycles. The third-order valence-electron chi connectivity index (χ3n) is 3.46. The number of carboxylic acids is 1. The molecule has 11 heavy (non-hydrogen) atoms. The molecule has 4 atom stereocenters. The monoisotopic (exact) mass is 154 g/mol. The average molecular weight is 154 g/mol. The van der Waals surface area contributed by atoms with Crippen molar-refractivity contribution in [2.75, 3.05) is 0 Å². The number of aliphatic carboxylic acids is 1. The maximum Gasteiger partial charge on any atom is 0.306 e. The molecule has 2 rings (SSSR count). The number of hydrogen-bond acceptors (Lipinski definition) is 1. The maximum absolute atomic E-state index is 10.7. The zero-order chi connectivity index (χ0) is 8.01. The largest absolute Gasteiger partial charge is 0.481 e. The summed E-state index contributed by atoms with van der Waals surface area (Å²) in [7, 11) is 0. The van der Waals surface area contributed by atoms with Crippen molar-refractivity contribution < 1.29 is 9.90 Å². The zero-order valence-corrected chi connectivity index (χ0v) is 6.79. The molecule has 2 aliphatic rings. The van der Waals surface area contributed by atoms with Gasteiger partial charge in [-0.2, -0.15) is 0 Å². The molecule has 2 saturated carbocycles. The Hall–Kier alpha value is -0.530. The summed E-state index contributed by atoms with van der Waals surface area (Å²) in [6, 6.07) is 0. The first-order chi connectivity index (χ1) is 5.18. The first-order valence-electron chi connectivity index (χ1n) is 4.41. The van der Waals surface area contributed by atoms with Gasteiger partial charge in [0, 0.05) is 0 Å². The summed E-state index contributed by atoms with van der Waals surface area (Å²) in [5.74, 6) is 1.32. The molecule has 2 fully saturated rings. The molecular weight excluding hydrogens is 140 g/mol. The SMILES string of the molecule is C[C@@H]1C[C@H]2C[C@H]1[C@H](C(=O)O)C2. The second-order valence-electron chi connectivity index (χ2n) is 4.16. The van der Waals surface area contributed by atoms with Gasteiger partial charge in [-0.15, -0.1) is 0 Å². The molecule has 0 amide bonds. The number of carbonyl (C=O) groups is 1. The van der Waals surface area contributed by atoms with Crippen molar-refractivity contribution in [2.24, 2.45) is 23.7 Å². The summed E-state index contributed by atoms with van der Waals surface area (Å²) in [6.45, 7) is 2.19. The Bertz CT molecular complexity index is 188. The van der Waals surface area contributed by atoms with Crippen LogP contribution >= 0.6 is 0 Å². The minimum atomic E-state index is -0.566. The van der Waals surface area contributed by atoms with Crippen LogP contribution in [0.2, 0.25) is 0 Å². The molecule has 2 aliphatic carbocycles. The lowest BCUT2D eigenvalue weighted by Crippen LogP contribution is -2.24. The fourth-order valence-electron chi connectivity index (χ4n) is 2.99. The molecule has 0 unspecified atom stereocenters. The van der Waals surface area contributed by atoms with E-state index in [2.05, 4.69) is 6.92 Å². The summed E-state index contributed by atoms with van der Waals surface area (Å²) < 4.78 is 0. The van der Waals surface area contributed by atoms with E-state index in [1.165, 1.54) is 12.8 Å². The zero-order valence-electron chi connectivity index (χ0n) is 6.79. The summed E-state index contributed by atoms with van der Waals surface area (Å²) in [6.07, 6.45) is 3.40. The molecule has 0 aromatic heterocycles. The standard InChI is InChI=1S/C9H14O2/c1-5-2-6-3-7(5)8(4-6)9(10)11/h5-8H,2-4H2,1H3,(H,10,11)/t5-,6+,7-,8-/m1/s1. The quantitative estimate of drug-likeness (QED) is 0.624. The van der Waals surface area contributed by atoms with Gasteiger partial charge in [0.05, 0.1) is 5.92 Å². The van der Waals surface area contributed by atoms with Gasteiger partial charge in [-0.05, 0) is 37.0 Å². The molecular formula is C9H14O2. The van der Waals surface area contributed by atoms with Gasteiger partial charge < -0.3 is 5.11 Å². The predicted octanol–water partition coefficient (Wildman–Crippen LogP) is 1.75. The van der Waals surface area contributed by atoms with Crippen LogP contribution in [-0.4, -0.2) is 11.1 Å². The number of rotatable bonds is 1. The smallest absolute Gasteiger partial charge is 0.306 e. The van der Waals surface area contributed by atoms with Crippen molar-refractivity contribution in [1.29, 1.82) is 0 Å². The number of hydrogen-bond donors (Lipinski definition) is 1. The molecule has 0 spiro atoms. The molecule has 2 nitrogen and oxygen atoms in total. The third-order valence-corrected chi connectivity index (χ3v) is 3.46. The Morgan fingerprint density at radius 1 is 1.36 bits per heavy atom. The minimum absolute atomic E-state index is 0.0104. The molecule has 0 aliphatic heterocycles. The highest BCUT2D eigenvalue weighted by atomic mass is 16.4. The Morgan fingerprint density at radius 2 is 2.09 bits per heavy atom. The van der Waals surface area contributed by atoms with Crippen LogP contribution in [0.1, 0.15) is 26.2 Å². The first-order valence-corrected chi connectivity index (χ1v) is 4.41. The van der Waals surface area contributed by atoms with E-state index in [4.69, 9.17) is 5.11 Å². The third kappa shape index (κ3) is 0.959. The molecule has 62 valence electrons. The Balaban J connectivity index is 2.12. The molecule has 2 heteroatoms. The van der Waals surface area contributed by atoms with Crippen molar-refractivity contribution in [1.82, 2.24) is 0 Å². The van der Waals surface area contributed by atoms with E-state index in [1.54, 1.807) is 0 Å². The summed E-state index contributed by atoms with van der Waals surface area (Å²) in [5.41, 5.74) is 0. The van der Waals surface area contributed by atoms with E-state index in [1.807, 2.05) is 0 Å².